The van der Waals surface area contributed by atoms with Crippen LogP contribution in [-0.4, -0.2) is 10.1 Å². The number of nitrogens with zero attached hydrogens (tertiary/aromatic N) is 2. The van der Waals surface area contributed by atoms with E-state index < -0.39 is 11.9 Å². The molecule has 8 heteroatoms. The van der Waals surface area contributed by atoms with Gasteiger partial charge < -0.3 is 8.94 Å². The first-order valence-electron chi connectivity index (χ1n) is 8.20. The molecule has 0 aliphatic heterocycles. The van der Waals surface area contributed by atoms with Gasteiger partial charge in [-0.05, 0) is 25.1 Å². The van der Waals surface area contributed by atoms with E-state index in [-0.39, 0.29) is 28.1 Å². The molecular formula is C20H12ClF3N2O2. The zero-order valence-corrected chi connectivity index (χ0v) is 15.2. The molecule has 2 aromatic heterocycles. The van der Waals surface area contributed by atoms with E-state index in [9.17, 15) is 13.2 Å². The maximum Gasteiger partial charge on any atom is 0.450 e. The minimum atomic E-state index is -4.74. The Morgan fingerprint density at radius 3 is 2.36 bits per heavy atom. The monoisotopic (exact) mass is 404 g/mol. The second-order valence-corrected chi connectivity index (χ2v) is 6.53. The van der Waals surface area contributed by atoms with Crippen molar-refractivity contribution in [1.82, 2.24) is 10.1 Å². The fourth-order valence-corrected chi connectivity index (χ4v) is 2.94. The van der Waals surface area contributed by atoms with Gasteiger partial charge in [-0.15, -0.1) is 0 Å². The molecule has 0 saturated carbocycles. The summed E-state index contributed by atoms with van der Waals surface area (Å²) in [5, 5.41) is 4.06. The number of aromatic nitrogens is 2. The molecule has 0 fully saturated rings. The minimum Gasteiger partial charge on any atom is -0.451 e. The summed E-state index contributed by atoms with van der Waals surface area (Å²) >= 11 is 6.08. The van der Waals surface area contributed by atoms with Crippen molar-refractivity contribution >= 4 is 11.6 Å². The molecule has 4 rings (SSSR count). The van der Waals surface area contributed by atoms with Gasteiger partial charge in [0.2, 0.25) is 11.6 Å². The first-order chi connectivity index (χ1) is 13.3. The van der Waals surface area contributed by atoms with Gasteiger partial charge in [-0.2, -0.15) is 18.2 Å². The number of aryl methyl sites for hydroxylation is 1. The third-order valence-corrected chi connectivity index (χ3v) is 4.42. The Hall–Kier alpha value is -3.06. The second kappa shape index (κ2) is 6.83. The smallest absolute Gasteiger partial charge is 0.450 e. The van der Waals surface area contributed by atoms with E-state index in [1.807, 2.05) is 19.1 Å². The quantitative estimate of drug-likeness (QED) is 0.384. The van der Waals surface area contributed by atoms with Crippen molar-refractivity contribution in [1.29, 1.82) is 0 Å². The number of rotatable bonds is 3. The summed E-state index contributed by atoms with van der Waals surface area (Å²) in [6.07, 6.45) is -4.74. The molecule has 4 aromatic rings. The van der Waals surface area contributed by atoms with Gasteiger partial charge in [0.25, 0.3) is 5.89 Å². The minimum absolute atomic E-state index is 0.0389. The third kappa shape index (κ3) is 3.41. The lowest BCUT2D eigenvalue weighted by molar-refractivity contribution is -0.152. The SMILES string of the molecule is Cc1ccc(-c2noc(-c3cc(-c4ccccc4Cl)oc3C(F)(F)F)n2)cc1. The lowest BCUT2D eigenvalue weighted by Crippen LogP contribution is -2.04. The average molecular weight is 405 g/mol. The number of furan rings is 1. The van der Waals surface area contributed by atoms with Crippen LogP contribution in [0.3, 0.4) is 0 Å². The lowest BCUT2D eigenvalue weighted by atomic mass is 10.1. The standard InChI is InChI=1S/C20H12ClF3N2O2/c1-11-6-8-12(9-7-11)18-25-19(28-26-18)14-10-16(27-17(14)20(22,23)24)13-4-2-3-5-15(13)21/h2-10H,1H3. The van der Waals surface area contributed by atoms with Gasteiger partial charge in [0.1, 0.15) is 5.76 Å². The number of hydrogen-bond donors (Lipinski definition) is 0. The molecule has 0 unspecified atom stereocenters. The second-order valence-electron chi connectivity index (χ2n) is 6.12. The zero-order chi connectivity index (χ0) is 19.9. The molecule has 0 spiro atoms. The van der Waals surface area contributed by atoms with Crippen LogP contribution in [0.15, 0.2) is 63.5 Å². The highest BCUT2D eigenvalue weighted by molar-refractivity contribution is 6.33. The molecule has 0 saturated heterocycles. The molecule has 0 amide bonds. The largest absolute Gasteiger partial charge is 0.451 e. The van der Waals surface area contributed by atoms with E-state index in [1.54, 1.807) is 36.4 Å². The lowest BCUT2D eigenvalue weighted by Gasteiger charge is -2.04. The molecule has 2 aromatic carbocycles. The van der Waals surface area contributed by atoms with Gasteiger partial charge in [0.15, 0.2) is 0 Å². The zero-order valence-electron chi connectivity index (χ0n) is 14.4. The Labute approximate surface area is 162 Å². The van der Waals surface area contributed by atoms with Crippen molar-refractivity contribution in [2.24, 2.45) is 0 Å². The Morgan fingerprint density at radius 2 is 1.68 bits per heavy atom. The van der Waals surface area contributed by atoms with Crippen LogP contribution in [-0.2, 0) is 6.18 Å². The number of hydrogen-bond acceptors (Lipinski definition) is 4. The normalized spacial score (nSPS) is 11.8. The highest BCUT2D eigenvalue weighted by atomic mass is 35.5. The molecule has 0 bridgehead atoms. The fourth-order valence-electron chi connectivity index (χ4n) is 2.71. The van der Waals surface area contributed by atoms with E-state index in [4.69, 9.17) is 20.5 Å². The number of halogens is 4. The molecule has 0 aliphatic carbocycles. The van der Waals surface area contributed by atoms with Crippen LogP contribution in [0.2, 0.25) is 5.02 Å². The molecule has 0 radical (unpaired) electrons. The molecular weight excluding hydrogens is 393 g/mol. The summed E-state index contributed by atoms with van der Waals surface area (Å²) in [7, 11) is 0. The molecule has 0 atom stereocenters. The van der Waals surface area contributed by atoms with E-state index >= 15 is 0 Å². The number of alkyl halides is 3. The van der Waals surface area contributed by atoms with Crippen LogP contribution in [0, 0.1) is 6.92 Å². The number of benzene rings is 2. The van der Waals surface area contributed by atoms with Gasteiger partial charge in [-0.1, -0.05) is 58.7 Å². The summed E-state index contributed by atoms with van der Waals surface area (Å²) in [5.41, 5.74) is 1.66. The van der Waals surface area contributed by atoms with Crippen molar-refractivity contribution < 1.29 is 22.1 Å². The van der Waals surface area contributed by atoms with Crippen molar-refractivity contribution in [3.8, 4) is 34.2 Å². The first-order valence-corrected chi connectivity index (χ1v) is 8.58. The molecule has 142 valence electrons. The summed E-state index contributed by atoms with van der Waals surface area (Å²) in [6.45, 7) is 1.92. The first kappa shape index (κ1) is 18.3. The average Bonchev–Trinajstić information content (AvgIpc) is 3.29. The summed E-state index contributed by atoms with van der Waals surface area (Å²) < 4.78 is 50.8. The van der Waals surface area contributed by atoms with E-state index in [1.165, 1.54) is 6.07 Å². The van der Waals surface area contributed by atoms with Crippen LogP contribution in [0.1, 0.15) is 11.3 Å². The molecule has 4 nitrogen and oxygen atoms in total. The van der Waals surface area contributed by atoms with Gasteiger partial charge in [-0.25, -0.2) is 0 Å². The highest BCUT2D eigenvalue weighted by Crippen LogP contribution is 2.42. The van der Waals surface area contributed by atoms with E-state index in [2.05, 4.69) is 10.1 Å². The molecule has 0 aliphatic rings. The van der Waals surface area contributed by atoms with Crippen LogP contribution >= 0.6 is 11.6 Å². The van der Waals surface area contributed by atoms with Gasteiger partial charge in [0.05, 0.1) is 10.6 Å². The van der Waals surface area contributed by atoms with Crippen molar-refractivity contribution in [2.45, 2.75) is 13.1 Å². The molecule has 28 heavy (non-hydrogen) atoms. The Kier molecular flexibility index (Phi) is 4.47. The third-order valence-electron chi connectivity index (χ3n) is 4.10. The summed E-state index contributed by atoms with van der Waals surface area (Å²) in [4.78, 5) is 4.11. The Morgan fingerprint density at radius 1 is 0.964 bits per heavy atom. The van der Waals surface area contributed by atoms with Crippen LogP contribution < -0.4 is 0 Å². The summed E-state index contributed by atoms with van der Waals surface area (Å²) in [6, 6.07) is 14.9. The van der Waals surface area contributed by atoms with Crippen molar-refractivity contribution in [3.63, 3.8) is 0 Å². The van der Waals surface area contributed by atoms with Crippen molar-refractivity contribution in [3.05, 3.63) is 70.9 Å². The molecule has 0 N–H and O–H groups in total. The predicted octanol–water partition coefficient (Wildman–Crippen LogP) is 6.64. The molecule has 2 heterocycles. The maximum absolute atomic E-state index is 13.5. The van der Waals surface area contributed by atoms with E-state index in [0.717, 1.165) is 5.56 Å². The Bertz CT molecular complexity index is 1130. The van der Waals surface area contributed by atoms with Crippen LogP contribution in [0.25, 0.3) is 34.2 Å². The highest BCUT2D eigenvalue weighted by Gasteiger charge is 2.40. The summed E-state index contributed by atoms with van der Waals surface area (Å²) in [5.74, 6) is -1.36. The van der Waals surface area contributed by atoms with Crippen LogP contribution in [0.5, 0.6) is 0 Å². The van der Waals surface area contributed by atoms with Gasteiger partial charge in [0, 0.05) is 11.1 Å². The Balaban J connectivity index is 1.81. The topological polar surface area (TPSA) is 52.1 Å². The van der Waals surface area contributed by atoms with Crippen LogP contribution in [0.4, 0.5) is 13.2 Å². The van der Waals surface area contributed by atoms with E-state index in [0.29, 0.717) is 11.1 Å². The van der Waals surface area contributed by atoms with Gasteiger partial charge in [-0.3, -0.25) is 0 Å². The van der Waals surface area contributed by atoms with Gasteiger partial charge >= 0.3 is 6.18 Å². The fraction of sp³-hybridized carbons (Fsp3) is 0.100. The maximum atomic E-state index is 13.5. The predicted molar refractivity (Wildman–Crippen MR) is 97.6 cm³/mol. The van der Waals surface area contributed by atoms with Crippen molar-refractivity contribution in [2.75, 3.05) is 0 Å².